The van der Waals surface area contributed by atoms with Crippen LogP contribution in [-0.2, 0) is 9.53 Å². The summed E-state index contributed by atoms with van der Waals surface area (Å²) in [5, 5.41) is 11.7. The van der Waals surface area contributed by atoms with Gasteiger partial charge in [-0.15, -0.1) is 0 Å². The molecular formula is C11H22N2O3. The monoisotopic (exact) mass is 230 g/mol. The molecule has 0 aromatic heterocycles. The number of carbonyl (C=O) groups is 1. The van der Waals surface area contributed by atoms with Crippen LogP contribution < -0.4 is 11.1 Å². The van der Waals surface area contributed by atoms with Crippen LogP contribution in [0.4, 0.5) is 0 Å². The maximum Gasteiger partial charge on any atom is 0.242 e. The normalized spacial score (nSPS) is 25.8. The molecule has 1 atom stereocenters. The number of nitrogens with one attached hydrogen (secondary N) is 1. The molecule has 4 N–H and O–H groups in total. The summed E-state index contributed by atoms with van der Waals surface area (Å²) >= 11 is 0. The number of hydrogen-bond donors (Lipinski definition) is 3. The summed E-state index contributed by atoms with van der Waals surface area (Å²) in [4.78, 5) is 11.8. The number of carbonyl (C=O) groups excluding carboxylic acids is 1. The molecule has 1 saturated heterocycles. The van der Waals surface area contributed by atoms with E-state index in [-0.39, 0.29) is 17.9 Å². The summed E-state index contributed by atoms with van der Waals surface area (Å²) < 4.78 is 5.13. The Morgan fingerprint density at radius 2 is 2.31 bits per heavy atom. The van der Waals surface area contributed by atoms with Crippen molar-refractivity contribution in [2.24, 2.45) is 11.1 Å². The Bertz CT molecular complexity index is 248. The van der Waals surface area contributed by atoms with Crippen molar-refractivity contribution in [1.29, 1.82) is 0 Å². The first kappa shape index (κ1) is 13.4. The maximum atomic E-state index is 11.8. The molecule has 1 aliphatic heterocycles. The van der Waals surface area contributed by atoms with Crippen molar-refractivity contribution in [3.8, 4) is 0 Å². The summed E-state index contributed by atoms with van der Waals surface area (Å²) in [5.41, 5.74) is 4.94. The van der Waals surface area contributed by atoms with Gasteiger partial charge >= 0.3 is 0 Å². The quantitative estimate of drug-likeness (QED) is 0.601. The fourth-order valence-corrected chi connectivity index (χ4v) is 1.65. The molecule has 1 aliphatic rings. The zero-order valence-corrected chi connectivity index (χ0v) is 10.1. The van der Waals surface area contributed by atoms with Crippen LogP contribution >= 0.6 is 0 Å². The molecule has 1 fully saturated rings. The van der Waals surface area contributed by atoms with Gasteiger partial charge in [0.05, 0.1) is 6.61 Å². The smallest absolute Gasteiger partial charge is 0.242 e. The van der Waals surface area contributed by atoms with Gasteiger partial charge < -0.3 is 20.9 Å². The maximum absolute atomic E-state index is 11.8. The van der Waals surface area contributed by atoms with Crippen molar-refractivity contribution in [3.63, 3.8) is 0 Å². The summed E-state index contributed by atoms with van der Waals surface area (Å²) in [6.07, 6.45) is 1.22. The second kappa shape index (κ2) is 5.12. The molecule has 0 aromatic rings. The van der Waals surface area contributed by atoms with Crippen LogP contribution in [0.2, 0.25) is 0 Å². The zero-order chi connectivity index (χ0) is 12.2. The molecule has 94 valence electrons. The molecule has 0 bridgehead atoms. The van der Waals surface area contributed by atoms with Crippen molar-refractivity contribution in [2.45, 2.75) is 32.2 Å². The van der Waals surface area contributed by atoms with Crippen molar-refractivity contribution < 1.29 is 14.6 Å². The molecule has 5 nitrogen and oxygen atoms in total. The highest BCUT2D eigenvalue weighted by atomic mass is 16.5. The van der Waals surface area contributed by atoms with Gasteiger partial charge in [-0.1, -0.05) is 13.8 Å². The second-order valence-electron chi connectivity index (χ2n) is 5.28. The Kier molecular flexibility index (Phi) is 4.29. The first-order valence-electron chi connectivity index (χ1n) is 5.65. The van der Waals surface area contributed by atoms with Crippen LogP contribution in [0, 0.1) is 5.41 Å². The van der Waals surface area contributed by atoms with E-state index >= 15 is 0 Å². The van der Waals surface area contributed by atoms with Crippen LogP contribution in [0.15, 0.2) is 0 Å². The number of hydrogen-bond acceptors (Lipinski definition) is 4. The predicted octanol–water partition coefficient (Wildman–Crippen LogP) is -0.371. The number of nitrogens with two attached hydrogens (primary N) is 1. The Balaban J connectivity index is 2.40. The van der Waals surface area contributed by atoms with Crippen molar-refractivity contribution in [2.75, 3.05) is 26.4 Å². The summed E-state index contributed by atoms with van der Waals surface area (Å²) in [6, 6.07) is 0. The van der Waals surface area contributed by atoms with Gasteiger partial charge in [0.1, 0.15) is 5.54 Å². The van der Waals surface area contributed by atoms with Gasteiger partial charge in [0.2, 0.25) is 5.91 Å². The second-order valence-corrected chi connectivity index (χ2v) is 5.28. The van der Waals surface area contributed by atoms with E-state index < -0.39 is 5.54 Å². The molecule has 5 heteroatoms. The Morgan fingerprint density at radius 1 is 1.62 bits per heavy atom. The van der Waals surface area contributed by atoms with Crippen molar-refractivity contribution in [1.82, 2.24) is 5.32 Å². The Hall–Kier alpha value is -0.650. The third kappa shape index (κ3) is 3.43. The summed E-state index contributed by atoms with van der Waals surface area (Å²) in [5.74, 6) is -0.156. The molecule has 0 saturated carbocycles. The number of rotatable bonds is 5. The fraction of sp³-hybridized carbons (Fsp3) is 0.909. The average Bonchev–Trinajstić information content (AvgIpc) is 2.63. The number of amides is 1. The van der Waals surface area contributed by atoms with Gasteiger partial charge in [-0.2, -0.15) is 0 Å². The molecular weight excluding hydrogens is 208 g/mol. The fourth-order valence-electron chi connectivity index (χ4n) is 1.65. The molecule has 1 rings (SSSR count). The molecule has 0 spiro atoms. The molecule has 0 aliphatic carbocycles. The average molecular weight is 230 g/mol. The molecule has 1 amide bonds. The number of aliphatic hydroxyl groups excluding tert-OH is 1. The highest BCUT2D eigenvalue weighted by Crippen LogP contribution is 2.20. The van der Waals surface area contributed by atoms with E-state index in [1.165, 1.54) is 0 Å². The van der Waals surface area contributed by atoms with E-state index in [2.05, 4.69) is 5.32 Å². The molecule has 0 radical (unpaired) electrons. The van der Waals surface area contributed by atoms with Gasteiger partial charge in [-0.3, -0.25) is 4.79 Å². The van der Waals surface area contributed by atoms with E-state index in [9.17, 15) is 4.79 Å². The Morgan fingerprint density at radius 3 is 2.81 bits per heavy atom. The van der Waals surface area contributed by atoms with Crippen LogP contribution in [0.5, 0.6) is 0 Å². The highest BCUT2D eigenvalue weighted by molar-refractivity contribution is 5.86. The van der Waals surface area contributed by atoms with Gasteiger partial charge in [-0.25, -0.2) is 0 Å². The van der Waals surface area contributed by atoms with Crippen molar-refractivity contribution >= 4 is 5.91 Å². The van der Waals surface area contributed by atoms with Gasteiger partial charge in [0.15, 0.2) is 0 Å². The SMILES string of the molecule is CC(C)(CCO)CNC(=O)C1(N)CCOC1. The lowest BCUT2D eigenvalue weighted by Crippen LogP contribution is -2.55. The van der Waals surface area contributed by atoms with Gasteiger partial charge in [0, 0.05) is 19.8 Å². The van der Waals surface area contributed by atoms with E-state index in [4.69, 9.17) is 15.6 Å². The van der Waals surface area contributed by atoms with E-state index in [1.807, 2.05) is 13.8 Å². The van der Waals surface area contributed by atoms with E-state index in [0.29, 0.717) is 32.6 Å². The third-order valence-electron chi connectivity index (χ3n) is 3.02. The molecule has 1 unspecified atom stereocenters. The van der Waals surface area contributed by atoms with Gasteiger partial charge in [0.25, 0.3) is 0 Å². The van der Waals surface area contributed by atoms with Crippen LogP contribution in [-0.4, -0.2) is 42.9 Å². The lowest BCUT2D eigenvalue weighted by molar-refractivity contribution is -0.126. The molecule has 16 heavy (non-hydrogen) atoms. The highest BCUT2D eigenvalue weighted by Gasteiger charge is 2.38. The minimum atomic E-state index is -0.866. The van der Waals surface area contributed by atoms with E-state index in [1.54, 1.807) is 0 Å². The largest absolute Gasteiger partial charge is 0.396 e. The molecule has 1 heterocycles. The topological polar surface area (TPSA) is 84.6 Å². The first-order valence-corrected chi connectivity index (χ1v) is 5.65. The predicted molar refractivity (Wildman–Crippen MR) is 60.8 cm³/mol. The van der Waals surface area contributed by atoms with Gasteiger partial charge in [-0.05, 0) is 18.3 Å². The van der Waals surface area contributed by atoms with Crippen LogP contribution in [0.25, 0.3) is 0 Å². The third-order valence-corrected chi connectivity index (χ3v) is 3.02. The summed E-state index contributed by atoms with van der Waals surface area (Å²) in [6.45, 7) is 5.48. The number of ether oxygens (including phenoxy) is 1. The minimum absolute atomic E-state index is 0.111. The lowest BCUT2D eigenvalue weighted by atomic mass is 9.89. The first-order chi connectivity index (χ1) is 7.40. The number of aliphatic hydroxyl groups is 1. The minimum Gasteiger partial charge on any atom is -0.396 e. The summed E-state index contributed by atoms with van der Waals surface area (Å²) in [7, 11) is 0. The molecule has 0 aromatic carbocycles. The van der Waals surface area contributed by atoms with E-state index in [0.717, 1.165) is 0 Å². The Labute approximate surface area is 96.3 Å². The van der Waals surface area contributed by atoms with Crippen LogP contribution in [0.1, 0.15) is 26.7 Å². The zero-order valence-electron chi connectivity index (χ0n) is 10.1. The standard InChI is InChI=1S/C11H22N2O3/c1-10(2,3-5-14)7-13-9(15)11(12)4-6-16-8-11/h14H,3-8,12H2,1-2H3,(H,13,15). The lowest BCUT2D eigenvalue weighted by Gasteiger charge is -2.27. The van der Waals surface area contributed by atoms with Crippen molar-refractivity contribution in [3.05, 3.63) is 0 Å². The van der Waals surface area contributed by atoms with Crippen LogP contribution in [0.3, 0.4) is 0 Å².